The van der Waals surface area contributed by atoms with E-state index in [-0.39, 0.29) is 0 Å². The fraction of sp³-hybridized carbons (Fsp3) is 0.733. The third-order valence-electron chi connectivity index (χ3n) is 4.40. The number of rotatable bonds is 7. The van der Waals surface area contributed by atoms with Crippen molar-refractivity contribution in [1.82, 2.24) is 9.97 Å². The van der Waals surface area contributed by atoms with Crippen LogP contribution in [0, 0.1) is 5.41 Å². The van der Waals surface area contributed by atoms with Gasteiger partial charge in [-0.3, -0.25) is 0 Å². The molecule has 3 rings (SSSR count). The maximum Gasteiger partial charge on any atom is 0.136 e. The van der Waals surface area contributed by atoms with Gasteiger partial charge < -0.3 is 10.6 Å². The lowest BCUT2D eigenvalue weighted by atomic mass is 10.0. The zero-order chi connectivity index (χ0) is 13.3. The molecule has 0 unspecified atom stereocenters. The molecule has 0 spiro atoms. The Morgan fingerprint density at radius 3 is 2.37 bits per heavy atom. The van der Waals surface area contributed by atoms with Crippen molar-refractivity contribution in [3.05, 3.63) is 11.9 Å². The fourth-order valence-corrected chi connectivity index (χ4v) is 2.46. The minimum atomic E-state index is 0.545. The second kappa shape index (κ2) is 4.99. The van der Waals surface area contributed by atoms with Gasteiger partial charge in [0.2, 0.25) is 0 Å². The second-order valence-corrected chi connectivity index (χ2v) is 6.01. The first kappa shape index (κ1) is 12.7. The van der Waals surface area contributed by atoms with Crippen molar-refractivity contribution in [3.8, 4) is 0 Å². The van der Waals surface area contributed by atoms with Crippen LogP contribution in [0.15, 0.2) is 6.07 Å². The van der Waals surface area contributed by atoms with E-state index in [0.29, 0.717) is 11.3 Å². The molecule has 19 heavy (non-hydrogen) atoms. The summed E-state index contributed by atoms with van der Waals surface area (Å²) in [4.78, 5) is 9.28. The van der Waals surface area contributed by atoms with E-state index >= 15 is 0 Å². The van der Waals surface area contributed by atoms with E-state index in [1.54, 1.807) is 0 Å². The van der Waals surface area contributed by atoms with Crippen LogP contribution in [-0.2, 0) is 0 Å². The molecule has 0 atom stereocenters. The van der Waals surface area contributed by atoms with Crippen LogP contribution in [0.2, 0.25) is 0 Å². The molecule has 0 saturated heterocycles. The smallest absolute Gasteiger partial charge is 0.136 e. The van der Waals surface area contributed by atoms with E-state index in [0.717, 1.165) is 30.5 Å². The van der Waals surface area contributed by atoms with Gasteiger partial charge in [0, 0.05) is 25.1 Å². The van der Waals surface area contributed by atoms with Crippen LogP contribution < -0.4 is 10.6 Å². The summed E-state index contributed by atoms with van der Waals surface area (Å²) >= 11 is 0. The molecule has 0 bridgehead atoms. The van der Waals surface area contributed by atoms with Crippen molar-refractivity contribution in [3.63, 3.8) is 0 Å². The lowest BCUT2D eigenvalue weighted by Crippen LogP contribution is -2.16. The Morgan fingerprint density at radius 1 is 1.16 bits per heavy atom. The highest BCUT2D eigenvalue weighted by Gasteiger charge is 2.40. The molecule has 1 aromatic heterocycles. The molecule has 0 radical (unpaired) electrons. The topological polar surface area (TPSA) is 49.8 Å². The van der Waals surface area contributed by atoms with Crippen LogP contribution in [-0.4, -0.2) is 23.1 Å². The Kier molecular flexibility index (Phi) is 3.33. The van der Waals surface area contributed by atoms with Gasteiger partial charge in [0.15, 0.2) is 0 Å². The quantitative estimate of drug-likeness (QED) is 0.789. The van der Waals surface area contributed by atoms with Crippen LogP contribution in [0.25, 0.3) is 0 Å². The van der Waals surface area contributed by atoms with Crippen molar-refractivity contribution in [2.75, 3.05) is 23.7 Å². The summed E-state index contributed by atoms with van der Waals surface area (Å²) in [5.74, 6) is 3.57. The van der Waals surface area contributed by atoms with Gasteiger partial charge >= 0.3 is 0 Å². The molecule has 2 N–H and O–H groups in total. The van der Waals surface area contributed by atoms with Gasteiger partial charge in [-0.2, -0.15) is 0 Å². The van der Waals surface area contributed by atoms with Crippen LogP contribution >= 0.6 is 0 Å². The van der Waals surface area contributed by atoms with E-state index in [1.165, 1.54) is 32.1 Å². The predicted octanol–water partition coefficient (Wildman–Crippen LogP) is 3.39. The number of hydrogen-bond acceptors (Lipinski definition) is 4. The van der Waals surface area contributed by atoms with Crippen molar-refractivity contribution in [2.24, 2.45) is 5.41 Å². The van der Waals surface area contributed by atoms with Crippen molar-refractivity contribution < 1.29 is 0 Å². The minimum absolute atomic E-state index is 0.545. The van der Waals surface area contributed by atoms with Gasteiger partial charge in [0.25, 0.3) is 0 Å². The highest BCUT2D eigenvalue weighted by atomic mass is 15.1. The van der Waals surface area contributed by atoms with Gasteiger partial charge in [-0.15, -0.1) is 0 Å². The molecule has 2 aliphatic carbocycles. The monoisotopic (exact) mass is 260 g/mol. The Balaban J connectivity index is 1.71. The van der Waals surface area contributed by atoms with Crippen LogP contribution in [0.1, 0.15) is 57.7 Å². The zero-order valence-corrected chi connectivity index (χ0v) is 12.0. The lowest BCUT2D eigenvalue weighted by Gasteiger charge is -2.15. The third-order valence-corrected chi connectivity index (χ3v) is 4.40. The number of aromatic nitrogens is 2. The molecule has 1 heterocycles. The highest BCUT2D eigenvalue weighted by Crippen LogP contribution is 2.48. The molecule has 2 fully saturated rings. The maximum atomic E-state index is 4.68. The molecule has 104 valence electrons. The Hall–Kier alpha value is -1.32. The molecule has 0 aromatic carbocycles. The lowest BCUT2D eigenvalue weighted by molar-refractivity contribution is 0.520. The average Bonchev–Trinajstić information content (AvgIpc) is 3.29. The first-order valence-electron chi connectivity index (χ1n) is 7.61. The first-order chi connectivity index (χ1) is 9.24. The van der Waals surface area contributed by atoms with Gasteiger partial charge in [0.1, 0.15) is 17.5 Å². The van der Waals surface area contributed by atoms with Gasteiger partial charge in [-0.1, -0.05) is 6.92 Å². The molecule has 4 heteroatoms. The molecular weight excluding hydrogens is 236 g/mol. The van der Waals surface area contributed by atoms with Crippen molar-refractivity contribution in [2.45, 2.75) is 51.9 Å². The highest BCUT2D eigenvalue weighted by molar-refractivity contribution is 5.48. The number of anilines is 2. The van der Waals surface area contributed by atoms with E-state index in [2.05, 4.69) is 34.4 Å². The summed E-state index contributed by atoms with van der Waals surface area (Å²) < 4.78 is 0. The van der Waals surface area contributed by atoms with E-state index in [9.17, 15) is 0 Å². The van der Waals surface area contributed by atoms with Crippen LogP contribution in [0.5, 0.6) is 0 Å². The van der Waals surface area contributed by atoms with Crippen LogP contribution in [0.3, 0.4) is 0 Å². The number of hydrogen-bond donors (Lipinski definition) is 2. The number of nitrogens with one attached hydrogen (secondary N) is 2. The van der Waals surface area contributed by atoms with Gasteiger partial charge in [-0.25, -0.2) is 9.97 Å². The average molecular weight is 260 g/mol. The van der Waals surface area contributed by atoms with Crippen molar-refractivity contribution >= 4 is 11.6 Å². The summed E-state index contributed by atoms with van der Waals surface area (Å²) in [6.45, 7) is 6.34. The molecule has 1 aromatic rings. The Labute approximate surface area is 115 Å². The van der Waals surface area contributed by atoms with Crippen molar-refractivity contribution in [1.29, 1.82) is 0 Å². The Bertz CT molecular complexity index is 449. The van der Waals surface area contributed by atoms with Gasteiger partial charge in [-0.05, 0) is 44.4 Å². The Morgan fingerprint density at radius 2 is 1.84 bits per heavy atom. The molecule has 2 saturated carbocycles. The summed E-state index contributed by atoms with van der Waals surface area (Å²) in [6, 6.07) is 2.04. The van der Waals surface area contributed by atoms with Gasteiger partial charge in [0.05, 0.1) is 0 Å². The standard InChI is InChI=1S/C15H24N4/c1-3-15(7-8-15)10-17-13-9-12(16-4-2)18-14(19-13)11-5-6-11/h9,11H,3-8,10H2,1-2H3,(H2,16,17,18,19). The van der Waals surface area contributed by atoms with Crippen LogP contribution in [0.4, 0.5) is 11.6 Å². The summed E-state index contributed by atoms with van der Waals surface area (Å²) in [7, 11) is 0. The second-order valence-electron chi connectivity index (χ2n) is 6.01. The normalized spacial score (nSPS) is 20.1. The fourth-order valence-electron chi connectivity index (χ4n) is 2.46. The summed E-state index contributed by atoms with van der Waals surface area (Å²) in [6.07, 6.45) is 6.47. The first-order valence-corrected chi connectivity index (χ1v) is 7.61. The molecular formula is C15H24N4. The molecule has 0 aliphatic heterocycles. The largest absolute Gasteiger partial charge is 0.370 e. The van der Waals surface area contributed by atoms with E-state index in [1.807, 2.05) is 6.07 Å². The molecule has 2 aliphatic rings. The summed E-state index contributed by atoms with van der Waals surface area (Å²) in [5.41, 5.74) is 0.545. The SMILES string of the molecule is CCNc1cc(NCC2(CC)CC2)nc(C2CC2)n1. The zero-order valence-electron chi connectivity index (χ0n) is 12.0. The maximum absolute atomic E-state index is 4.68. The van der Waals surface area contributed by atoms with E-state index < -0.39 is 0 Å². The molecule has 0 amide bonds. The third kappa shape index (κ3) is 2.99. The number of nitrogens with zero attached hydrogens (tertiary/aromatic N) is 2. The van der Waals surface area contributed by atoms with E-state index in [4.69, 9.17) is 0 Å². The predicted molar refractivity (Wildman–Crippen MR) is 78.6 cm³/mol. The molecule has 4 nitrogen and oxygen atoms in total. The summed E-state index contributed by atoms with van der Waals surface area (Å²) in [5, 5.41) is 6.84. The minimum Gasteiger partial charge on any atom is -0.370 e.